The molecule has 0 atom stereocenters. The molecular formula is C32H36F3N3O2. The van der Waals surface area contributed by atoms with Crippen molar-refractivity contribution >= 4 is 22.7 Å². The van der Waals surface area contributed by atoms with Crippen molar-refractivity contribution in [3.63, 3.8) is 0 Å². The number of urea groups is 1. The van der Waals surface area contributed by atoms with E-state index in [1.807, 2.05) is 37.3 Å². The molecule has 1 aromatic heterocycles. The highest BCUT2D eigenvalue weighted by Crippen LogP contribution is 2.42. The third-order valence-electron chi connectivity index (χ3n) is 8.18. The summed E-state index contributed by atoms with van der Waals surface area (Å²) in [6.45, 7) is 3.43. The van der Waals surface area contributed by atoms with Gasteiger partial charge in [0.05, 0.1) is 11.1 Å². The van der Waals surface area contributed by atoms with Crippen molar-refractivity contribution < 1.29 is 22.8 Å². The van der Waals surface area contributed by atoms with E-state index < -0.39 is 11.7 Å². The number of unbranched alkanes of at least 4 members (excludes halogenated alkanes) is 1. The summed E-state index contributed by atoms with van der Waals surface area (Å²) in [5.74, 6) is 0.0445. The van der Waals surface area contributed by atoms with Gasteiger partial charge in [-0.2, -0.15) is 13.2 Å². The molecule has 0 radical (unpaired) electrons. The first-order valence-corrected chi connectivity index (χ1v) is 14.4. The van der Waals surface area contributed by atoms with E-state index in [-0.39, 0.29) is 28.8 Å². The van der Waals surface area contributed by atoms with Crippen LogP contribution in [0.25, 0.3) is 10.9 Å². The average Bonchev–Trinajstić information content (AvgIpc) is 3.77. The Bertz CT molecular complexity index is 1360. The Morgan fingerprint density at radius 3 is 2.42 bits per heavy atom. The molecule has 212 valence electrons. The van der Waals surface area contributed by atoms with Crippen LogP contribution in [0.3, 0.4) is 0 Å². The first-order valence-electron chi connectivity index (χ1n) is 14.4. The molecular weight excluding hydrogens is 515 g/mol. The molecule has 2 aliphatic rings. The van der Waals surface area contributed by atoms with E-state index in [1.54, 1.807) is 11.0 Å². The Morgan fingerprint density at radius 1 is 1.05 bits per heavy atom. The number of ketones is 1. The molecule has 40 heavy (non-hydrogen) atoms. The van der Waals surface area contributed by atoms with Crippen LogP contribution in [-0.2, 0) is 12.6 Å². The number of aromatic nitrogens is 1. The van der Waals surface area contributed by atoms with Crippen LogP contribution in [-0.4, -0.2) is 41.3 Å². The summed E-state index contributed by atoms with van der Waals surface area (Å²) in [6, 6.07) is 12.3. The van der Waals surface area contributed by atoms with Gasteiger partial charge in [-0.1, -0.05) is 43.7 Å². The maximum atomic E-state index is 14.4. The van der Waals surface area contributed by atoms with Gasteiger partial charge in [0.15, 0.2) is 5.78 Å². The van der Waals surface area contributed by atoms with Gasteiger partial charge in [-0.15, -0.1) is 0 Å². The number of carbonyl (C=O) groups excluding carboxylic acids is 2. The Hall–Kier alpha value is -3.42. The van der Waals surface area contributed by atoms with E-state index in [4.69, 9.17) is 0 Å². The number of carbonyl (C=O) groups is 2. The highest BCUT2D eigenvalue weighted by molar-refractivity contribution is 6.02. The molecule has 1 saturated carbocycles. The second kappa shape index (κ2) is 12.0. The summed E-state index contributed by atoms with van der Waals surface area (Å²) < 4.78 is 43.1. The summed E-state index contributed by atoms with van der Waals surface area (Å²) in [7, 11) is 0. The molecule has 5 nitrogen and oxygen atoms in total. The summed E-state index contributed by atoms with van der Waals surface area (Å²) in [6.07, 6.45) is 2.63. The fourth-order valence-electron chi connectivity index (χ4n) is 5.70. The lowest BCUT2D eigenvalue weighted by atomic mass is 9.83. The lowest BCUT2D eigenvalue weighted by molar-refractivity contribution is -0.138. The summed E-state index contributed by atoms with van der Waals surface area (Å²) in [5.41, 5.74) is 2.03. The van der Waals surface area contributed by atoms with Gasteiger partial charge in [0, 0.05) is 43.2 Å². The molecule has 1 aliphatic carbocycles. The minimum atomic E-state index is -4.54. The van der Waals surface area contributed by atoms with Crippen LogP contribution in [0.5, 0.6) is 0 Å². The fraction of sp³-hybridized carbons (Fsp3) is 0.469. The van der Waals surface area contributed by atoms with Crippen molar-refractivity contribution in [1.29, 1.82) is 0 Å². The van der Waals surface area contributed by atoms with Crippen molar-refractivity contribution in [2.45, 2.75) is 70.4 Å². The van der Waals surface area contributed by atoms with Gasteiger partial charge in [0.2, 0.25) is 0 Å². The summed E-state index contributed by atoms with van der Waals surface area (Å²) in [4.78, 5) is 31.9. The Labute approximate surface area is 233 Å². The molecule has 1 aliphatic heterocycles. The van der Waals surface area contributed by atoms with Crippen molar-refractivity contribution in [1.82, 2.24) is 15.2 Å². The average molecular weight is 552 g/mol. The van der Waals surface area contributed by atoms with E-state index in [0.717, 1.165) is 42.9 Å². The number of likely N-dealkylation sites (tertiary alicyclic amines) is 1. The number of hydrogen-bond acceptors (Lipinski definition) is 3. The SMILES string of the molecule is CCCCNC(=O)N1CCC(c2cc3c(Cc4ccccc4)c(C(=O)CC4CC4)cnc3cc2C(F)(F)F)CC1. The Kier molecular flexibility index (Phi) is 8.43. The van der Waals surface area contributed by atoms with Gasteiger partial charge in [0.25, 0.3) is 0 Å². The molecule has 5 rings (SSSR count). The number of alkyl halides is 3. The monoisotopic (exact) mass is 551 g/mol. The number of halogens is 3. The van der Waals surface area contributed by atoms with E-state index in [2.05, 4.69) is 10.3 Å². The third-order valence-corrected chi connectivity index (χ3v) is 8.18. The number of rotatable bonds is 9. The second-order valence-corrected chi connectivity index (χ2v) is 11.2. The summed E-state index contributed by atoms with van der Waals surface area (Å²) >= 11 is 0. The standard InChI is InChI=1S/C32H36F3N3O2/c1-2-3-13-36-31(40)38-14-11-23(12-15-38)24-18-26-25(16-21-7-5-4-6-8-21)27(30(39)17-22-9-10-22)20-37-29(26)19-28(24)32(33,34)35/h4-8,18-20,22-23H,2-3,9-17H2,1H3,(H,36,40). The van der Waals surface area contributed by atoms with Gasteiger partial charge in [-0.05, 0) is 79.2 Å². The van der Waals surface area contributed by atoms with Gasteiger partial charge in [-0.3, -0.25) is 9.78 Å². The number of nitrogens with one attached hydrogen (secondary N) is 1. The van der Waals surface area contributed by atoms with Gasteiger partial charge in [0.1, 0.15) is 0 Å². The van der Waals surface area contributed by atoms with Crippen LogP contribution in [0.4, 0.5) is 18.0 Å². The van der Waals surface area contributed by atoms with Crippen LogP contribution in [0.15, 0.2) is 48.7 Å². The maximum absolute atomic E-state index is 14.4. The zero-order valence-electron chi connectivity index (χ0n) is 22.9. The largest absolute Gasteiger partial charge is 0.416 e. The first-order chi connectivity index (χ1) is 19.2. The number of fused-ring (bicyclic) bond motifs is 1. The molecule has 2 amide bonds. The van der Waals surface area contributed by atoms with Crippen LogP contribution in [0, 0.1) is 5.92 Å². The van der Waals surface area contributed by atoms with Gasteiger partial charge < -0.3 is 10.2 Å². The van der Waals surface area contributed by atoms with E-state index >= 15 is 0 Å². The van der Waals surface area contributed by atoms with Crippen LogP contribution >= 0.6 is 0 Å². The fourth-order valence-corrected chi connectivity index (χ4v) is 5.70. The Morgan fingerprint density at radius 2 is 1.77 bits per heavy atom. The highest BCUT2D eigenvalue weighted by atomic mass is 19.4. The smallest absolute Gasteiger partial charge is 0.338 e. The highest BCUT2D eigenvalue weighted by Gasteiger charge is 2.37. The van der Waals surface area contributed by atoms with Crippen molar-refractivity contribution in [2.24, 2.45) is 5.92 Å². The maximum Gasteiger partial charge on any atom is 0.416 e. The van der Waals surface area contributed by atoms with Crippen molar-refractivity contribution in [3.8, 4) is 0 Å². The number of nitrogens with zero attached hydrogens (tertiary/aromatic N) is 2. The number of benzene rings is 2. The van der Waals surface area contributed by atoms with Crippen LogP contribution in [0.2, 0.25) is 0 Å². The molecule has 3 aromatic rings. The molecule has 0 unspecified atom stereocenters. The lowest BCUT2D eigenvalue weighted by Gasteiger charge is -2.33. The zero-order chi connectivity index (χ0) is 28.3. The molecule has 0 bridgehead atoms. The summed E-state index contributed by atoms with van der Waals surface area (Å²) in [5, 5.41) is 3.50. The number of amides is 2. The second-order valence-electron chi connectivity index (χ2n) is 11.2. The molecule has 2 fully saturated rings. The number of pyridine rings is 1. The van der Waals surface area contributed by atoms with Crippen molar-refractivity contribution in [3.05, 3.63) is 76.5 Å². The van der Waals surface area contributed by atoms with E-state index in [9.17, 15) is 22.8 Å². The van der Waals surface area contributed by atoms with Crippen molar-refractivity contribution in [2.75, 3.05) is 19.6 Å². The molecule has 2 heterocycles. The third kappa shape index (κ3) is 6.48. The number of Topliss-reactive ketones (excluding diaryl/α,β-unsaturated/α-hetero) is 1. The van der Waals surface area contributed by atoms with Crippen LogP contribution < -0.4 is 5.32 Å². The predicted molar refractivity (Wildman–Crippen MR) is 150 cm³/mol. The number of piperidine rings is 1. The molecule has 1 N–H and O–H groups in total. The van der Waals surface area contributed by atoms with E-state index in [0.29, 0.717) is 62.2 Å². The molecule has 1 saturated heterocycles. The number of hydrogen-bond donors (Lipinski definition) is 1. The predicted octanol–water partition coefficient (Wildman–Crippen LogP) is 7.52. The molecule has 2 aromatic carbocycles. The quantitative estimate of drug-likeness (QED) is 0.221. The first kappa shape index (κ1) is 28.1. The van der Waals surface area contributed by atoms with Crippen LogP contribution in [0.1, 0.15) is 90.4 Å². The normalized spacial score (nSPS) is 16.4. The molecule has 8 heteroatoms. The minimum absolute atomic E-state index is 0.00618. The topological polar surface area (TPSA) is 62.3 Å². The van der Waals surface area contributed by atoms with E-state index in [1.165, 1.54) is 6.20 Å². The molecule has 0 spiro atoms. The van der Waals surface area contributed by atoms with Gasteiger partial charge >= 0.3 is 12.2 Å². The lowest BCUT2D eigenvalue weighted by Crippen LogP contribution is -2.44. The zero-order valence-corrected chi connectivity index (χ0v) is 22.9. The van der Waals surface area contributed by atoms with Gasteiger partial charge in [-0.25, -0.2) is 4.79 Å². The minimum Gasteiger partial charge on any atom is -0.338 e. The Balaban J connectivity index is 1.52.